The third kappa shape index (κ3) is 5.36. The van der Waals surface area contributed by atoms with Crippen molar-refractivity contribution in [1.29, 1.82) is 0 Å². The first-order valence-electron chi connectivity index (χ1n) is 8.18. The molecular weight excluding hydrogens is 342 g/mol. The Hall–Kier alpha value is -2.26. The highest BCUT2D eigenvalue weighted by Crippen LogP contribution is 2.13. The molecule has 9 heteroatoms. The predicted octanol–water partition coefficient (Wildman–Crippen LogP) is 1.41. The molecular formula is C16H23N5O3S. The molecule has 0 bridgehead atoms. The van der Waals surface area contributed by atoms with E-state index >= 15 is 0 Å². The van der Waals surface area contributed by atoms with Gasteiger partial charge < -0.3 is 14.6 Å². The number of carbonyl (C=O) groups excluding carboxylic acids is 1. The Balaban J connectivity index is 0.000000701. The van der Waals surface area contributed by atoms with E-state index < -0.39 is 0 Å². The van der Waals surface area contributed by atoms with Crippen molar-refractivity contribution < 1.29 is 14.7 Å². The lowest BCUT2D eigenvalue weighted by molar-refractivity contribution is -0.122. The summed E-state index contributed by atoms with van der Waals surface area (Å²) in [5.41, 5.74) is 0.809. The van der Waals surface area contributed by atoms with Crippen molar-refractivity contribution in [3.63, 3.8) is 0 Å². The van der Waals surface area contributed by atoms with Gasteiger partial charge in [-0.3, -0.25) is 14.5 Å². The molecule has 25 heavy (non-hydrogen) atoms. The molecule has 0 aromatic carbocycles. The highest BCUT2D eigenvalue weighted by Gasteiger charge is 2.21. The van der Waals surface area contributed by atoms with Gasteiger partial charge in [0.25, 0.3) is 12.4 Å². The second kappa shape index (κ2) is 9.90. The Kier molecular flexibility index (Phi) is 7.55. The minimum Gasteiger partial charge on any atom is -0.483 e. The number of thiophene rings is 1. The molecule has 8 nitrogen and oxygen atoms in total. The fourth-order valence-electron chi connectivity index (χ4n) is 2.77. The van der Waals surface area contributed by atoms with Gasteiger partial charge in [0.15, 0.2) is 0 Å². The largest absolute Gasteiger partial charge is 0.483 e. The van der Waals surface area contributed by atoms with E-state index in [1.807, 2.05) is 21.7 Å². The highest BCUT2D eigenvalue weighted by atomic mass is 32.1. The average molecular weight is 365 g/mol. The number of amides is 1. The van der Waals surface area contributed by atoms with Crippen LogP contribution >= 0.6 is 11.3 Å². The molecule has 1 aliphatic heterocycles. The molecule has 0 saturated carbocycles. The van der Waals surface area contributed by atoms with Gasteiger partial charge in [-0.2, -0.15) is 11.3 Å². The molecule has 0 atom stereocenters. The van der Waals surface area contributed by atoms with Gasteiger partial charge in [0.05, 0.1) is 12.1 Å². The van der Waals surface area contributed by atoms with E-state index in [4.69, 9.17) is 9.90 Å². The molecule has 1 saturated heterocycles. The van der Waals surface area contributed by atoms with Gasteiger partial charge in [-0.1, -0.05) is 0 Å². The summed E-state index contributed by atoms with van der Waals surface area (Å²) in [4.78, 5) is 25.1. The van der Waals surface area contributed by atoms with Gasteiger partial charge in [0.1, 0.15) is 12.2 Å². The first-order chi connectivity index (χ1) is 12.2. The van der Waals surface area contributed by atoms with Gasteiger partial charge in [-0.25, -0.2) is 0 Å². The normalized spacial score (nSPS) is 15.2. The summed E-state index contributed by atoms with van der Waals surface area (Å²) < 4.78 is 2.07. The van der Waals surface area contributed by atoms with Gasteiger partial charge >= 0.3 is 0 Å². The smallest absolute Gasteiger partial charge is 0.290 e. The monoisotopic (exact) mass is 365 g/mol. The van der Waals surface area contributed by atoms with Crippen molar-refractivity contribution in [2.24, 2.45) is 0 Å². The van der Waals surface area contributed by atoms with Crippen LogP contribution in [0, 0.1) is 0 Å². The topological polar surface area (TPSA) is 91.6 Å². The van der Waals surface area contributed by atoms with Crippen LogP contribution < -0.4 is 0 Å². The first-order valence-corrected chi connectivity index (χ1v) is 9.12. The zero-order valence-electron chi connectivity index (χ0n) is 14.2. The quantitative estimate of drug-likeness (QED) is 0.824. The number of hydrogen-bond acceptors (Lipinski definition) is 6. The minimum atomic E-state index is -0.250. The second-order valence-electron chi connectivity index (χ2n) is 5.57. The summed E-state index contributed by atoms with van der Waals surface area (Å²) in [6.45, 7) is 7.00. The lowest BCUT2D eigenvalue weighted by atomic mass is 10.3. The molecule has 2 aromatic rings. The van der Waals surface area contributed by atoms with Crippen LogP contribution in [0.15, 0.2) is 23.2 Å². The minimum absolute atomic E-state index is 0.153. The number of carboxylic acid groups (broad SMARTS) is 1. The average Bonchev–Trinajstić information content (AvgIpc) is 3.24. The summed E-state index contributed by atoms with van der Waals surface area (Å²) in [6, 6.07) is 1.90. The van der Waals surface area contributed by atoms with Gasteiger partial charge in [-0.05, 0) is 24.8 Å². The number of rotatable bonds is 4. The van der Waals surface area contributed by atoms with Crippen molar-refractivity contribution in [3.8, 4) is 0 Å². The maximum Gasteiger partial charge on any atom is 0.290 e. The maximum absolute atomic E-state index is 12.4. The van der Waals surface area contributed by atoms with E-state index in [0.717, 1.165) is 57.1 Å². The summed E-state index contributed by atoms with van der Waals surface area (Å²) in [7, 11) is 0. The molecule has 0 spiro atoms. The zero-order valence-corrected chi connectivity index (χ0v) is 15.1. The van der Waals surface area contributed by atoms with E-state index in [-0.39, 0.29) is 12.4 Å². The molecule has 3 rings (SSSR count). The van der Waals surface area contributed by atoms with E-state index in [9.17, 15) is 4.79 Å². The van der Waals surface area contributed by atoms with Crippen LogP contribution in [-0.4, -0.2) is 68.2 Å². The van der Waals surface area contributed by atoms with Gasteiger partial charge in [0.2, 0.25) is 0 Å². The van der Waals surface area contributed by atoms with Crippen molar-refractivity contribution in [2.75, 3.05) is 26.2 Å². The number of aryl methyl sites for hydroxylation is 1. The van der Waals surface area contributed by atoms with Crippen LogP contribution in [0.5, 0.6) is 0 Å². The van der Waals surface area contributed by atoms with E-state index in [2.05, 4.69) is 26.6 Å². The van der Waals surface area contributed by atoms with E-state index in [1.165, 1.54) is 0 Å². The Morgan fingerprint density at radius 1 is 1.36 bits per heavy atom. The summed E-state index contributed by atoms with van der Waals surface area (Å²) in [5.74, 6) is 1.15. The standard InChI is InChI=1S/C15H21N5OS.CH2O2/c1-2-19-12-16-17-14(19)10-18-5-3-6-20(8-7-18)15(21)13-4-9-22-11-13;2-1-3/h4,9,11-12H,2-3,5-8,10H2,1H3;1H,(H,2,3). The lowest BCUT2D eigenvalue weighted by Crippen LogP contribution is -2.35. The SMILES string of the molecule is CCn1cnnc1CN1CCCN(C(=O)c2ccsc2)CC1.O=CO. The van der Waals surface area contributed by atoms with Crippen LogP contribution in [-0.2, 0) is 17.9 Å². The maximum atomic E-state index is 12.4. The molecule has 1 aliphatic rings. The highest BCUT2D eigenvalue weighted by molar-refractivity contribution is 7.08. The number of hydrogen-bond donors (Lipinski definition) is 1. The zero-order chi connectivity index (χ0) is 18.1. The fourth-order valence-corrected chi connectivity index (χ4v) is 3.40. The molecule has 1 amide bonds. The van der Waals surface area contributed by atoms with Crippen LogP contribution in [0.25, 0.3) is 0 Å². The van der Waals surface area contributed by atoms with Gasteiger partial charge in [-0.15, -0.1) is 10.2 Å². The Bertz CT molecular complexity index is 659. The third-order valence-corrected chi connectivity index (χ3v) is 4.73. The van der Waals surface area contributed by atoms with Gasteiger partial charge in [0, 0.05) is 38.1 Å². The molecule has 0 unspecified atom stereocenters. The molecule has 0 radical (unpaired) electrons. The first kappa shape index (κ1) is 19.1. The molecule has 136 valence electrons. The Morgan fingerprint density at radius 2 is 2.16 bits per heavy atom. The van der Waals surface area contributed by atoms with E-state index in [0.29, 0.717) is 0 Å². The van der Waals surface area contributed by atoms with Crippen molar-refractivity contribution >= 4 is 23.7 Å². The Labute approximate surface area is 150 Å². The fraction of sp³-hybridized carbons (Fsp3) is 0.500. The van der Waals surface area contributed by atoms with Crippen LogP contribution in [0.4, 0.5) is 0 Å². The Morgan fingerprint density at radius 3 is 2.84 bits per heavy atom. The molecule has 3 heterocycles. The van der Waals surface area contributed by atoms with E-state index in [1.54, 1.807) is 17.7 Å². The third-order valence-electron chi connectivity index (χ3n) is 4.05. The molecule has 1 N–H and O–H groups in total. The van der Waals surface area contributed by atoms with Crippen LogP contribution in [0.1, 0.15) is 29.5 Å². The number of nitrogens with zero attached hydrogens (tertiary/aromatic N) is 5. The lowest BCUT2D eigenvalue weighted by Gasteiger charge is -2.21. The van der Waals surface area contributed by atoms with Crippen molar-refractivity contribution in [3.05, 3.63) is 34.5 Å². The summed E-state index contributed by atoms with van der Waals surface area (Å²) in [5, 5.41) is 18.9. The molecule has 0 aliphatic carbocycles. The van der Waals surface area contributed by atoms with Crippen LogP contribution in [0.2, 0.25) is 0 Å². The molecule has 1 fully saturated rings. The van der Waals surface area contributed by atoms with Crippen LogP contribution in [0.3, 0.4) is 0 Å². The summed E-state index contributed by atoms with van der Waals surface area (Å²) in [6.07, 6.45) is 2.77. The predicted molar refractivity (Wildman–Crippen MR) is 94.5 cm³/mol. The van der Waals surface area contributed by atoms with Crippen molar-refractivity contribution in [1.82, 2.24) is 24.6 Å². The second-order valence-corrected chi connectivity index (χ2v) is 6.35. The molecule has 2 aromatic heterocycles. The number of aromatic nitrogens is 3. The van der Waals surface area contributed by atoms with Crippen molar-refractivity contribution in [2.45, 2.75) is 26.4 Å². The number of carbonyl (C=O) groups is 2. The summed E-state index contributed by atoms with van der Waals surface area (Å²) >= 11 is 1.57.